The summed E-state index contributed by atoms with van der Waals surface area (Å²) in [6, 6.07) is 6.05. The molecule has 1 heterocycles. The largest absolute Gasteiger partial charge is 0.497 e. The Hall–Kier alpha value is -1.02. The molecule has 0 spiro atoms. The zero-order valence-corrected chi connectivity index (χ0v) is 8.84. The fraction of sp³-hybridized carbons (Fsp3) is 0.364. The van der Waals surface area contributed by atoms with Crippen LogP contribution in [0.2, 0.25) is 0 Å². The number of hydrogen-bond acceptors (Lipinski definition) is 2. The van der Waals surface area contributed by atoms with E-state index in [2.05, 4.69) is 11.1 Å². The van der Waals surface area contributed by atoms with Crippen molar-refractivity contribution < 1.29 is 4.74 Å². The summed E-state index contributed by atoms with van der Waals surface area (Å²) < 4.78 is 5.18. The van der Waals surface area contributed by atoms with Crippen LogP contribution in [0.4, 0.5) is 0 Å². The monoisotopic (exact) mass is 209 g/mol. The Bertz CT molecular complexity index is 374. The third kappa shape index (κ3) is 1.62. The van der Waals surface area contributed by atoms with Crippen molar-refractivity contribution in [1.29, 1.82) is 0 Å². The fourth-order valence-electron chi connectivity index (χ4n) is 1.70. The second-order valence-electron chi connectivity index (χ2n) is 3.24. The van der Waals surface area contributed by atoms with E-state index in [1.165, 1.54) is 11.1 Å². The molecule has 0 atom stereocenters. The molecule has 0 aromatic heterocycles. The van der Waals surface area contributed by atoms with Crippen LogP contribution in [0.1, 0.15) is 11.1 Å². The molecule has 14 heavy (non-hydrogen) atoms. The number of alkyl halides is 1. The van der Waals surface area contributed by atoms with Crippen LogP contribution >= 0.6 is 11.6 Å². The van der Waals surface area contributed by atoms with Gasteiger partial charge in [-0.05, 0) is 30.2 Å². The maximum atomic E-state index is 5.82. The van der Waals surface area contributed by atoms with Gasteiger partial charge in [-0.1, -0.05) is 0 Å². The topological polar surface area (TPSA) is 21.6 Å². The van der Waals surface area contributed by atoms with Gasteiger partial charge in [0, 0.05) is 12.1 Å². The molecular formula is C11H12ClNO. The summed E-state index contributed by atoms with van der Waals surface area (Å²) in [5.74, 6) is 1.39. The smallest absolute Gasteiger partial charge is 0.119 e. The van der Waals surface area contributed by atoms with Gasteiger partial charge in [-0.2, -0.15) is 0 Å². The van der Waals surface area contributed by atoms with Gasteiger partial charge in [0.25, 0.3) is 0 Å². The maximum absolute atomic E-state index is 5.82. The fourth-order valence-corrected chi connectivity index (χ4v) is 1.92. The lowest BCUT2D eigenvalue weighted by atomic mass is 9.98. The molecular weight excluding hydrogens is 198 g/mol. The first-order chi connectivity index (χ1) is 6.85. The Morgan fingerprint density at radius 2 is 2.36 bits per heavy atom. The van der Waals surface area contributed by atoms with Crippen LogP contribution in [0.5, 0.6) is 5.75 Å². The minimum Gasteiger partial charge on any atom is -0.497 e. The van der Waals surface area contributed by atoms with Crippen LogP contribution in [0.25, 0.3) is 0 Å². The van der Waals surface area contributed by atoms with E-state index >= 15 is 0 Å². The van der Waals surface area contributed by atoms with E-state index in [-0.39, 0.29) is 0 Å². The summed E-state index contributed by atoms with van der Waals surface area (Å²) in [7, 11) is 1.68. The molecule has 2 rings (SSSR count). The van der Waals surface area contributed by atoms with Crippen molar-refractivity contribution in [3.05, 3.63) is 29.3 Å². The highest BCUT2D eigenvalue weighted by molar-refractivity contribution is 6.32. The number of halogens is 1. The lowest BCUT2D eigenvalue weighted by Gasteiger charge is -2.16. The molecule has 1 aliphatic heterocycles. The predicted octanol–water partition coefficient (Wildman–Crippen LogP) is 2.28. The normalized spacial score (nSPS) is 14.6. The highest BCUT2D eigenvalue weighted by Gasteiger charge is 2.13. The molecule has 0 fully saturated rings. The predicted molar refractivity (Wildman–Crippen MR) is 58.8 cm³/mol. The van der Waals surface area contributed by atoms with E-state index in [4.69, 9.17) is 16.3 Å². The number of ether oxygens (including phenoxy) is 1. The van der Waals surface area contributed by atoms with E-state index in [1.54, 1.807) is 7.11 Å². The van der Waals surface area contributed by atoms with Crippen molar-refractivity contribution in [3.63, 3.8) is 0 Å². The van der Waals surface area contributed by atoms with Gasteiger partial charge in [0.15, 0.2) is 0 Å². The molecule has 74 valence electrons. The Labute approximate surface area is 88.6 Å². The van der Waals surface area contributed by atoms with Gasteiger partial charge in [0.1, 0.15) is 5.75 Å². The van der Waals surface area contributed by atoms with Gasteiger partial charge in [-0.25, -0.2) is 0 Å². The molecule has 0 N–H and O–H groups in total. The molecule has 3 heteroatoms. The summed E-state index contributed by atoms with van der Waals surface area (Å²) in [4.78, 5) is 4.39. The van der Waals surface area contributed by atoms with Gasteiger partial charge < -0.3 is 4.74 Å². The summed E-state index contributed by atoms with van der Waals surface area (Å²) in [6.07, 6.45) is 0.979. The van der Waals surface area contributed by atoms with E-state index in [0.29, 0.717) is 5.88 Å². The second-order valence-corrected chi connectivity index (χ2v) is 3.50. The van der Waals surface area contributed by atoms with E-state index in [9.17, 15) is 0 Å². The molecule has 1 aliphatic rings. The molecule has 2 nitrogen and oxygen atoms in total. The van der Waals surface area contributed by atoms with E-state index in [1.807, 2.05) is 12.1 Å². The number of nitrogens with zero attached hydrogens (tertiary/aromatic N) is 1. The third-order valence-electron chi connectivity index (χ3n) is 2.43. The van der Waals surface area contributed by atoms with Crippen LogP contribution < -0.4 is 4.74 Å². The van der Waals surface area contributed by atoms with Crippen molar-refractivity contribution in [1.82, 2.24) is 0 Å². The number of fused-ring (bicyclic) bond motifs is 1. The van der Waals surface area contributed by atoms with E-state index < -0.39 is 0 Å². The second kappa shape index (κ2) is 4.01. The van der Waals surface area contributed by atoms with Crippen molar-refractivity contribution in [3.8, 4) is 5.75 Å². The SMILES string of the molecule is COc1ccc2c(c1)CCN=C2CCl. The Morgan fingerprint density at radius 3 is 3.07 bits per heavy atom. The molecule has 0 radical (unpaired) electrons. The molecule has 0 aliphatic carbocycles. The molecule has 0 saturated carbocycles. The first-order valence-corrected chi connectivity index (χ1v) is 5.15. The molecule has 1 aromatic rings. The van der Waals surface area contributed by atoms with Gasteiger partial charge in [0.05, 0.1) is 18.7 Å². The van der Waals surface area contributed by atoms with Gasteiger partial charge in [-0.3, -0.25) is 4.99 Å². The maximum Gasteiger partial charge on any atom is 0.119 e. The average Bonchev–Trinajstić information content (AvgIpc) is 2.27. The van der Waals surface area contributed by atoms with Crippen LogP contribution in [0.15, 0.2) is 23.2 Å². The molecule has 0 amide bonds. The molecule has 0 saturated heterocycles. The number of rotatable bonds is 2. The average molecular weight is 210 g/mol. The highest BCUT2D eigenvalue weighted by Crippen LogP contribution is 2.22. The third-order valence-corrected chi connectivity index (χ3v) is 2.69. The number of methoxy groups -OCH3 is 1. The van der Waals surface area contributed by atoms with Crippen molar-refractivity contribution >= 4 is 17.3 Å². The summed E-state index contributed by atoms with van der Waals surface area (Å²) >= 11 is 5.82. The molecule has 0 unspecified atom stereocenters. The highest BCUT2D eigenvalue weighted by atomic mass is 35.5. The van der Waals surface area contributed by atoms with Crippen molar-refractivity contribution in [2.45, 2.75) is 6.42 Å². The van der Waals surface area contributed by atoms with Crippen LogP contribution in [0, 0.1) is 0 Å². The minimum atomic E-state index is 0.485. The number of hydrogen-bond donors (Lipinski definition) is 0. The van der Waals surface area contributed by atoms with E-state index in [0.717, 1.165) is 24.4 Å². The Morgan fingerprint density at radius 1 is 1.50 bits per heavy atom. The van der Waals surface area contributed by atoms with Crippen molar-refractivity contribution in [2.75, 3.05) is 19.5 Å². The van der Waals surface area contributed by atoms with Crippen molar-refractivity contribution in [2.24, 2.45) is 4.99 Å². The summed E-state index contributed by atoms with van der Waals surface area (Å²) in [6.45, 7) is 0.836. The zero-order chi connectivity index (χ0) is 9.97. The molecule has 1 aromatic carbocycles. The lowest BCUT2D eigenvalue weighted by Crippen LogP contribution is -2.14. The summed E-state index contributed by atoms with van der Waals surface area (Å²) in [5.41, 5.74) is 3.46. The van der Waals surface area contributed by atoms with Gasteiger partial charge in [0.2, 0.25) is 0 Å². The van der Waals surface area contributed by atoms with Gasteiger partial charge in [-0.15, -0.1) is 11.6 Å². The lowest BCUT2D eigenvalue weighted by molar-refractivity contribution is 0.414. The summed E-state index contributed by atoms with van der Waals surface area (Å²) in [5, 5.41) is 0. The van der Waals surface area contributed by atoms with Crippen LogP contribution in [-0.2, 0) is 6.42 Å². The standard InChI is InChI=1S/C11H12ClNO/c1-14-9-2-3-10-8(6-9)4-5-13-11(10)7-12/h2-3,6H,4-5,7H2,1H3. The zero-order valence-electron chi connectivity index (χ0n) is 8.09. The molecule has 0 bridgehead atoms. The first-order valence-electron chi connectivity index (χ1n) is 4.61. The Balaban J connectivity index is 2.43. The number of benzene rings is 1. The van der Waals surface area contributed by atoms with Crippen LogP contribution in [-0.4, -0.2) is 25.2 Å². The Kier molecular flexibility index (Phi) is 2.73. The first kappa shape index (κ1) is 9.53. The van der Waals surface area contributed by atoms with Gasteiger partial charge >= 0.3 is 0 Å². The van der Waals surface area contributed by atoms with Crippen LogP contribution in [0.3, 0.4) is 0 Å². The quantitative estimate of drug-likeness (QED) is 0.685. The number of aliphatic imine (C=N–C) groups is 1. The minimum absolute atomic E-state index is 0.485.